The largest absolute Gasteiger partial charge is 0.465 e. The van der Waals surface area contributed by atoms with Gasteiger partial charge in [0.15, 0.2) is 0 Å². The van der Waals surface area contributed by atoms with Crippen molar-refractivity contribution in [1.82, 2.24) is 0 Å². The maximum atomic E-state index is 11.2. The van der Waals surface area contributed by atoms with Crippen molar-refractivity contribution < 1.29 is 9.53 Å². The average Bonchev–Trinajstić information content (AvgIpc) is 2.31. The Morgan fingerprint density at radius 3 is 2.47 bits per heavy atom. The molecule has 1 aromatic carbocycles. The summed E-state index contributed by atoms with van der Waals surface area (Å²) in [4.78, 5) is 12.2. The molecule has 0 N–H and O–H groups in total. The summed E-state index contributed by atoms with van der Waals surface area (Å²) in [5.74, 6) is -0.402. The number of ether oxygens (including phenoxy) is 1. The summed E-state index contributed by atoms with van der Waals surface area (Å²) in [5.41, 5.74) is 0.413. The maximum absolute atomic E-state index is 11.2. The first-order valence-corrected chi connectivity index (χ1v) is 6.21. The van der Waals surface area contributed by atoms with Gasteiger partial charge in [0.2, 0.25) is 0 Å². The Kier molecular flexibility index (Phi) is 7.26. The average molecular weight is 247 g/mol. The molecule has 0 unspecified atom stereocenters. The fraction of sp³-hybridized carbons (Fsp3) is 0.364. The van der Waals surface area contributed by atoms with E-state index in [-0.39, 0.29) is 0 Å². The lowest BCUT2D eigenvalue weighted by Crippen LogP contribution is -2.01. The Morgan fingerprint density at radius 2 is 2.00 bits per heavy atom. The summed E-state index contributed by atoms with van der Waals surface area (Å²) >= 11 is 7.37. The molecule has 0 amide bonds. The van der Waals surface area contributed by atoms with Gasteiger partial charge in [0.25, 0.3) is 0 Å². The number of hydrogen-bond acceptors (Lipinski definition) is 3. The molecule has 0 saturated heterocycles. The predicted molar refractivity (Wildman–Crippen MR) is 65.9 cm³/mol. The van der Waals surface area contributed by atoms with Crippen LogP contribution in [0.25, 0.3) is 0 Å². The highest BCUT2D eigenvalue weighted by molar-refractivity contribution is 7.98. The van der Waals surface area contributed by atoms with Gasteiger partial charge in [-0.25, -0.2) is 4.79 Å². The molecule has 2 nitrogen and oxygen atoms in total. The van der Waals surface area contributed by atoms with Crippen molar-refractivity contribution >= 4 is 29.3 Å². The molecule has 0 saturated carbocycles. The zero-order chi connectivity index (χ0) is 11.8. The molecule has 0 aliphatic carbocycles. The molecule has 1 aromatic rings. The monoisotopic (exact) mass is 246 g/mol. The van der Waals surface area contributed by atoms with Gasteiger partial charge in [-0.15, -0.1) is 11.8 Å². The molecule has 0 atom stereocenters. The fourth-order valence-corrected chi connectivity index (χ4v) is 1.53. The van der Waals surface area contributed by atoms with Crippen LogP contribution >= 0.6 is 23.4 Å². The second-order valence-corrected chi connectivity index (χ2v) is 3.62. The molecule has 4 heteroatoms. The van der Waals surface area contributed by atoms with Gasteiger partial charge in [-0.3, -0.25) is 0 Å². The van der Waals surface area contributed by atoms with Gasteiger partial charge in [-0.1, -0.05) is 25.4 Å². The third kappa shape index (κ3) is 4.14. The van der Waals surface area contributed by atoms with Gasteiger partial charge >= 0.3 is 5.97 Å². The Bertz CT molecular complexity index is 326. The van der Waals surface area contributed by atoms with E-state index in [2.05, 4.69) is 4.74 Å². The number of carbonyl (C=O) groups excluding carboxylic acids is 1. The van der Waals surface area contributed by atoms with Gasteiger partial charge in [0.05, 0.1) is 17.7 Å². The van der Waals surface area contributed by atoms with Crippen LogP contribution in [-0.4, -0.2) is 19.3 Å². The first-order valence-electron chi connectivity index (χ1n) is 4.61. The first-order chi connectivity index (χ1) is 7.19. The van der Waals surface area contributed by atoms with Crippen LogP contribution in [0.3, 0.4) is 0 Å². The molecule has 0 aromatic heterocycles. The van der Waals surface area contributed by atoms with Crippen molar-refractivity contribution in [2.45, 2.75) is 18.7 Å². The Morgan fingerprint density at radius 1 is 1.40 bits per heavy atom. The van der Waals surface area contributed by atoms with Gasteiger partial charge < -0.3 is 4.74 Å². The molecule has 0 aliphatic rings. The van der Waals surface area contributed by atoms with Crippen LogP contribution in [0.5, 0.6) is 0 Å². The lowest BCUT2D eigenvalue weighted by molar-refractivity contribution is 0.0600. The summed E-state index contributed by atoms with van der Waals surface area (Å²) < 4.78 is 4.58. The van der Waals surface area contributed by atoms with Gasteiger partial charge in [0.1, 0.15) is 0 Å². The Labute approximate surface area is 100.0 Å². The van der Waals surface area contributed by atoms with E-state index >= 15 is 0 Å². The third-order valence-corrected chi connectivity index (χ3v) is 2.63. The lowest BCUT2D eigenvalue weighted by Gasteiger charge is -2.03. The van der Waals surface area contributed by atoms with Crippen molar-refractivity contribution in [2.75, 3.05) is 13.4 Å². The van der Waals surface area contributed by atoms with Crippen LogP contribution in [0.2, 0.25) is 5.02 Å². The van der Waals surface area contributed by atoms with Crippen molar-refractivity contribution in [3.05, 3.63) is 28.8 Å². The van der Waals surface area contributed by atoms with E-state index in [4.69, 9.17) is 11.6 Å². The molecule has 15 heavy (non-hydrogen) atoms. The predicted octanol–water partition coefficient (Wildman–Crippen LogP) is 3.87. The second-order valence-electron chi connectivity index (χ2n) is 2.34. The minimum Gasteiger partial charge on any atom is -0.465 e. The lowest BCUT2D eigenvalue weighted by atomic mass is 10.2. The van der Waals surface area contributed by atoms with Crippen LogP contribution in [-0.2, 0) is 4.74 Å². The van der Waals surface area contributed by atoms with E-state index in [1.54, 1.807) is 23.9 Å². The standard InChI is InChI=1S/C9H9ClO2S.C2H6/c1-12-9(11)7-5-6(13-2)3-4-8(7)10;1-2/h3-5H,1-2H3;1-2H3. The molecule has 1 rings (SSSR count). The highest BCUT2D eigenvalue weighted by atomic mass is 35.5. The van der Waals surface area contributed by atoms with Crippen LogP contribution < -0.4 is 0 Å². The van der Waals surface area contributed by atoms with Gasteiger partial charge in [0, 0.05) is 4.90 Å². The third-order valence-electron chi connectivity index (χ3n) is 1.58. The van der Waals surface area contributed by atoms with Gasteiger partial charge in [-0.05, 0) is 24.5 Å². The minimum atomic E-state index is -0.402. The first kappa shape index (κ1) is 14.3. The van der Waals surface area contributed by atoms with Crippen LogP contribution in [0.4, 0.5) is 0 Å². The van der Waals surface area contributed by atoms with E-state index in [0.29, 0.717) is 10.6 Å². The smallest absolute Gasteiger partial charge is 0.339 e. The normalized spacial score (nSPS) is 8.87. The summed E-state index contributed by atoms with van der Waals surface area (Å²) in [7, 11) is 1.34. The molecule has 0 bridgehead atoms. The molecule has 0 spiro atoms. The van der Waals surface area contributed by atoms with Crippen LogP contribution in [0, 0.1) is 0 Å². The molecule has 84 valence electrons. The number of rotatable bonds is 2. The van der Waals surface area contributed by atoms with E-state index in [9.17, 15) is 4.79 Å². The number of thioether (sulfide) groups is 1. The number of methoxy groups -OCH3 is 1. The zero-order valence-electron chi connectivity index (χ0n) is 9.33. The molecule has 0 radical (unpaired) electrons. The Balaban J connectivity index is 0.000000921. The maximum Gasteiger partial charge on any atom is 0.339 e. The second kappa shape index (κ2) is 7.60. The fourth-order valence-electron chi connectivity index (χ4n) is 0.898. The van der Waals surface area contributed by atoms with Crippen molar-refractivity contribution in [2.24, 2.45) is 0 Å². The SMILES string of the molecule is CC.COC(=O)c1cc(SC)ccc1Cl. The number of hydrogen-bond donors (Lipinski definition) is 0. The number of benzene rings is 1. The molecular weight excluding hydrogens is 232 g/mol. The highest BCUT2D eigenvalue weighted by Gasteiger charge is 2.10. The molecule has 0 aliphatic heterocycles. The summed E-state index contributed by atoms with van der Waals surface area (Å²) in [6.07, 6.45) is 1.93. The van der Waals surface area contributed by atoms with E-state index < -0.39 is 5.97 Å². The van der Waals surface area contributed by atoms with E-state index in [1.165, 1.54) is 7.11 Å². The summed E-state index contributed by atoms with van der Waals surface area (Å²) in [6.45, 7) is 4.00. The number of halogens is 1. The highest BCUT2D eigenvalue weighted by Crippen LogP contribution is 2.23. The molecular formula is C11H15ClO2S. The van der Waals surface area contributed by atoms with Gasteiger partial charge in [-0.2, -0.15) is 0 Å². The van der Waals surface area contributed by atoms with Crippen LogP contribution in [0.1, 0.15) is 24.2 Å². The number of carbonyl (C=O) groups is 1. The topological polar surface area (TPSA) is 26.3 Å². The van der Waals surface area contributed by atoms with Crippen LogP contribution in [0.15, 0.2) is 23.1 Å². The minimum absolute atomic E-state index is 0.402. The number of esters is 1. The Hall–Kier alpha value is -0.670. The van der Waals surface area contributed by atoms with E-state index in [0.717, 1.165) is 4.90 Å². The van der Waals surface area contributed by atoms with Crippen molar-refractivity contribution in [3.8, 4) is 0 Å². The van der Waals surface area contributed by atoms with Crippen molar-refractivity contribution in [1.29, 1.82) is 0 Å². The van der Waals surface area contributed by atoms with E-state index in [1.807, 2.05) is 26.2 Å². The molecule has 0 fully saturated rings. The summed E-state index contributed by atoms with van der Waals surface area (Å²) in [6, 6.07) is 5.28. The quantitative estimate of drug-likeness (QED) is 0.585. The summed E-state index contributed by atoms with van der Waals surface area (Å²) in [5, 5.41) is 0.421. The zero-order valence-corrected chi connectivity index (χ0v) is 10.9. The molecule has 0 heterocycles. The van der Waals surface area contributed by atoms with Crippen molar-refractivity contribution in [3.63, 3.8) is 0 Å².